The average Bonchev–Trinajstić information content (AvgIpc) is 2.27. The summed E-state index contributed by atoms with van der Waals surface area (Å²) in [6.07, 6.45) is 1.21. The number of sulfone groups is 1. The number of benzene rings is 1. The summed E-state index contributed by atoms with van der Waals surface area (Å²) >= 11 is 0. The van der Waals surface area contributed by atoms with Gasteiger partial charge in [0, 0.05) is 24.4 Å². The highest BCUT2D eigenvalue weighted by Gasteiger charge is 2.17. The summed E-state index contributed by atoms with van der Waals surface area (Å²) in [5.74, 6) is 1.28. The average molecular weight is 286 g/mol. The Morgan fingerprint density at radius 2 is 1.89 bits per heavy atom. The van der Waals surface area contributed by atoms with E-state index in [9.17, 15) is 8.42 Å². The van der Waals surface area contributed by atoms with Crippen LogP contribution in [0.5, 0.6) is 11.5 Å². The maximum atomic E-state index is 11.2. The van der Waals surface area contributed by atoms with Crippen LogP contribution in [0.4, 0.5) is 11.4 Å². The molecule has 0 amide bonds. The zero-order valence-electron chi connectivity index (χ0n) is 11.0. The predicted molar refractivity (Wildman–Crippen MR) is 74.6 cm³/mol. The molecule has 6 nitrogen and oxygen atoms in total. The third kappa shape index (κ3) is 3.66. The van der Waals surface area contributed by atoms with Gasteiger partial charge in [-0.1, -0.05) is 0 Å². The highest BCUT2D eigenvalue weighted by molar-refractivity contribution is 7.90. The largest absolute Gasteiger partial charge is 0.486 e. The molecule has 0 aliphatic carbocycles. The summed E-state index contributed by atoms with van der Waals surface area (Å²) in [4.78, 5) is 0. The summed E-state index contributed by atoms with van der Waals surface area (Å²) < 4.78 is 33.3. The van der Waals surface area contributed by atoms with E-state index in [1.807, 2.05) is 0 Å². The van der Waals surface area contributed by atoms with Crippen LogP contribution in [-0.4, -0.2) is 39.7 Å². The molecule has 1 aromatic carbocycles. The first-order chi connectivity index (χ1) is 8.85. The minimum Gasteiger partial charge on any atom is -0.486 e. The number of fused-ring (bicyclic) bond motifs is 1. The van der Waals surface area contributed by atoms with E-state index in [1.54, 1.807) is 19.1 Å². The van der Waals surface area contributed by atoms with E-state index >= 15 is 0 Å². The number of nitrogen functional groups attached to an aromatic ring is 1. The van der Waals surface area contributed by atoms with Gasteiger partial charge in [0.05, 0.1) is 17.1 Å². The lowest BCUT2D eigenvalue weighted by Gasteiger charge is -2.22. The molecule has 1 atom stereocenters. The zero-order valence-corrected chi connectivity index (χ0v) is 11.8. The Morgan fingerprint density at radius 1 is 1.32 bits per heavy atom. The van der Waals surface area contributed by atoms with Gasteiger partial charge in [-0.15, -0.1) is 0 Å². The van der Waals surface area contributed by atoms with E-state index in [4.69, 9.17) is 15.2 Å². The quantitative estimate of drug-likeness (QED) is 0.799. The van der Waals surface area contributed by atoms with Crippen molar-refractivity contribution >= 4 is 21.2 Å². The van der Waals surface area contributed by atoms with Crippen LogP contribution in [0.25, 0.3) is 0 Å². The van der Waals surface area contributed by atoms with Gasteiger partial charge in [-0.2, -0.15) is 0 Å². The molecule has 1 aliphatic heterocycles. The fourth-order valence-corrected chi connectivity index (χ4v) is 2.98. The predicted octanol–water partition coefficient (Wildman–Crippen LogP) is 0.885. The second-order valence-corrected chi connectivity index (χ2v) is 6.91. The summed E-state index contributed by atoms with van der Waals surface area (Å²) in [6, 6.07) is 3.19. The fraction of sp³-hybridized carbons (Fsp3) is 0.500. The summed E-state index contributed by atoms with van der Waals surface area (Å²) in [5.41, 5.74) is 7.07. The fourth-order valence-electron chi connectivity index (χ4n) is 1.99. The molecule has 0 bridgehead atoms. The molecule has 1 aromatic rings. The first-order valence-corrected chi connectivity index (χ1v) is 8.04. The van der Waals surface area contributed by atoms with Gasteiger partial charge in [0.25, 0.3) is 0 Å². The lowest BCUT2D eigenvalue weighted by Crippen LogP contribution is -2.25. The van der Waals surface area contributed by atoms with Crippen molar-refractivity contribution in [3.63, 3.8) is 0 Å². The van der Waals surface area contributed by atoms with Gasteiger partial charge < -0.3 is 20.5 Å². The van der Waals surface area contributed by atoms with Gasteiger partial charge in [0.1, 0.15) is 23.1 Å². The molecule has 3 N–H and O–H groups in total. The lowest BCUT2D eigenvalue weighted by atomic mass is 10.2. The molecule has 0 saturated heterocycles. The van der Waals surface area contributed by atoms with Crippen molar-refractivity contribution in [3.8, 4) is 11.5 Å². The van der Waals surface area contributed by atoms with Crippen LogP contribution in [0.3, 0.4) is 0 Å². The van der Waals surface area contributed by atoms with Gasteiger partial charge in [-0.05, 0) is 6.92 Å². The van der Waals surface area contributed by atoms with Crippen molar-refractivity contribution in [2.75, 3.05) is 36.3 Å². The molecule has 0 saturated carbocycles. The highest BCUT2D eigenvalue weighted by Crippen LogP contribution is 2.37. The molecule has 1 heterocycles. The van der Waals surface area contributed by atoms with Crippen LogP contribution in [0.1, 0.15) is 6.92 Å². The number of ether oxygens (including phenoxy) is 2. The molecular weight excluding hydrogens is 268 g/mol. The molecule has 1 aliphatic rings. The number of nitrogens with one attached hydrogen (secondary N) is 1. The first kappa shape index (κ1) is 13.8. The number of anilines is 2. The Kier molecular flexibility index (Phi) is 3.75. The van der Waals surface area contributed by atoms with Crippen LogP contribution in [0.15, 0.2) is 12.1 Å². The van der Waals surface area contributed by atoms with Crippen LogP contribution in [0.2, 0.25) is 0 Å². The van der Waals surface area contributed by atoms with Gasteiger partial charge in [-0.25, -0.2) is 8.42 Å². The summed E-state index contributed by atoms with van der Waals surface area (Å²) in [6.45, 7) is 2.79. The maximum Gasteiger partial charge on any atom is 0.163 e. The molecule has 19 heavy (non-hydrogen) atoms. The number of hydrogen-bond donors (Lipinski definition) is 2. The maximum absolute atomic E-state index is 11.2. The smallest absolute Gasteiger partial charge is 0.163 e. The number of rotatable bonds is 4. The Labute approximate surface area is 112 Å². The minimum absolute atomic E-state index is 0.0425. The molecule has 106 valence electrons. The molecule has 1 unspecified atom stereocenters. The third-order valence-corrected chi connectivity index (χ3v) is 3.77. The van der Waals surface area contributed by atoms with E-state index in [0.29, 0.717) is 36.1 Å². The molecule has 0 radical (unpaired) electrons. The van der Waals surface area contributed by atoms with Crippen molar-refractivity contribution in [3.05, 3.63) is 12.1 Å². The SMILES string of the molecule is CC(CS(C)(=O)=O)Nc1cc2c(cc1N)OCCO2. The van der Waals surface area contributed by atoms with Crippen molar-refractivity contribution < 1.29 is 17.9 Å². The van der Waals surface area contributed by atoms with E-state index in [0.717, 1.165) is 0 Å². The standard InChI is InChI=1S/C12H18N2O4S/c1-8(7-19(2,15)16)14-10-6-12-11(5-9(10)13)17-3-4-18-12/h5-6,8,14H,3-4,7,13H2,1-2H3. The minimum atomic E-state index is -3.03. The molecule has 0 spiro atoms. The van der Waals surface area contributed by atoms with E-state index in [-0.39, 0.29) is 11.8 Å². The summed E-state index contributed by atoms with van der Waals surface area (Å²) in [7, 11) is -3.03. The van der Waals surface area contributed by atoms with Crippen molar-refractivity contribution in [2.45, 2.75) is 13.0 Å². The van der Waals surface area contributed by atoms with Crippen molar-refractivity contribution in [1.82, 2.24) is 0 Å². The topological polar surface area (TPSA) is 90.7 Å². The lowest BCUT2D eigenvalue weighted by molar-refractivity contribution is 0.172. The molecule has 2 rings (SSSR count). The number of nitrogens with two attached hydrogens (primary N) is 1. The Balaban J connectivity index is 2.16. The van der Waals surface area contributed by atoms with Crippen LogP contribution in [-0.2, 0) is 9.84 Å². The van der Waals surface area contributed by atoms with E-state index in [2.05, 4.69) is 5.32 Å². The highest BCUT2D eigenvalue weighted by atomic mass is 32.2. The van der Waals surface area contributed by atoms with Gasteiger partial charge in [0.2, 0.25) is 0 Å². The Hall–Kier alpha value is -1.63. The monoisotopic (exact) mass is 286 g/mol. The summed E-state index contributed by atoms with van der Waals surface area (Å²) in [5, 5.41) is 3.08. The first-order valence-electron chi connectivity index (χ1n) is 5.98. The van der Waals surface area contributed by atoms with Crippen LogP contribution < -0.4 is 20.5 Å². The number of hydrogen-bond acceptors (Lipinski definition) is 6. The van der Waals surface area contributed by atoms with Gasteiger partial charge in [0.15, 0.2) is 11.5 Å². The molecule has 7 heteroatoms. The van der Waals surface area contributed by atoms with Crippen molar-refractivity contribution in [1.29, 1.82) is 0 Å². The molecular formula is C12H18N2O4S. The third-order valence-electron chi connectivity index (χ3n) is 2.67. The molecule has 0 aromatic heterocycles. The van der Waals surface area contributed by atoms with Crippen LogP contribution >= 0.6 is 0 Å². The van der Waals surface area contributed by atoms with E-state index in [1.165, 1.54) is 6.26 Å². The van der Waals surface area contributed by atoms with Gasteiger partial charge >= 0.3 is 0 Å². The second-order valence-electron chi connectivity index (χ2n) is 4.72. The van der Waals surface area contributed by atoms with Gasteiger partial charge in [-0.3, -0.25) is 0 Å². The normalized spacial score (nSPS) is 15.9. The second kappa shape index (κ2) is 5.16. The molecule has 0 fully saturated rings. The van der Waals surface area contributed by atoms with E-state index < -0.39 is 9.84 Å². The Morgan fingerprint density at radius 3 is 2.47 bits per heavy atom. The van der Waals surface area contributed by atoms with Crippen LogP contribution in [0, 0.1) is 0 Å². The Bertz CT molecular complexity index is 571. The van der Waals surface area contributed by atoms with Crippen molar-refractivity contribution in [2.24, 2.45) is 0 Å². The zero-order chi connectivity index (χ0) is 14.0.